The fourth-order valence-corrected chi connectivity index (χ4v) is 2.20. The molecular formula is C9H10O6P+. The van der Waals surface area contributed by atoms with Crippen LogP contribution in [0.15, 0.2) is 24.3 Å². The van der Waals surface area contributed by atoms with E-state index in [0.717, 1.165) is 0 Å². The summed E-state index contributed by atoms with van der Waals surface area (Å²) in [6.07, 6.45) is -1.15. The van der Waals surface area contributed by atoms with Crippen LogP contribution in [-0.4, -0.2) is 15.8 Å². The van der Waals surface area contributed by atoms with Crippen molar-refractivity contribution in [3.63, 3.8) is 0 Å². The molecule has 16 heavy (non-hydrogen) atoms. The number of ether oxygens (including phenoxy) is 1. The first kappa shape index (κ1) is 11.3. The highest BCUT2D eigenvalue weighted by molar-refractivity contribution is 7.54. The quantitative estimate of drug-likeness (QED) is 0.573. The van der Waals surface area contributed by atoms with E-state index in [-0.39, 0.29) is 5.75 Å². The fraction of sp³-hybridized carbons (Fsp3) is 0.222. The molecule has 1 aliphatic heterocycles. The molecule has 1 aromatic carbocycles. The molecule has 1 atom stereocenters. The van der Waals surface area contributed by atoms with E-state index in [1.807, 2.05) is 0 Å². The predicted octanol–water partition coefficient (Wildman–Crippen LogP) is 1.32. The van der Waals surface area contributed by atoms with Crippen molar-refractivity contribution in [1.29, 1.82) is 0 Å². The maximum atomic E-state index is 10.8. The van der Waals surface area contributed by atoms with Gasteiger partial charge in [-0.2, -0.15) is 9.79 Å². The average molecular weight is 245 g/mol. The molecule has 86 valence electrons. The number of esters is 1. The van der Waals surface area contributed by atoms with Gasteiger partial charge in [-0.1, -0.05) is 16.7 Å². The lowest BCUT2D eigenvalue weighted by molar-refractivity contribution is -0.166. The Morgan fingerprint density at radius 3 is 2.81 bits per heavy atom. The van der Waals surface area contributed by atoms with E-state index in [2.05, 4.69) is 0 Å². The molecule has 0 spiro atoms. The number of benzene rings is 1. The third kappa shape index (κ3) is 2.31. The zero-order valence-corrected chi connectivity index (χ0v) is 9.26. The van der Waals surface area contributed by atoms with Crippen LogP contribution in [0.1, 0.15) is 18.8 Å². The van der Waals surface area contributed by atoms with Crippen LogP contribution in [0.5, 0.6) is 5.75 Å². The van der Waals surface area contributed by atoms with Crippen molar-refractivity contribution in [2.75, 3.05) is 0 Å². The molecule has 0 saturated heterocycles. The molecule has 2 N–H and O–H groups in total. The highest BCUT2D eigenvalue weighted by atomic mass is 31.2. The molecule has 0 fully saturated rings. The molecule has 0 amide bonds. The SMILES string of the molecule is CC(=O)OC1O[P+](O)(O)Oc2ccccc21. The summed E-state index contributed by atoms with van der Waals surface area (Å²) in [7, 11) is -3.96. The fourth-order valence-electron chi connectivity index (χ4n) is 1.33. The molecule has 1 heterocycles. The van der Waals surface area contributed by atoms with Crippen LogP contribution < -0.4 is 4.52 Å². The summed E-state index contributed by atoms with van der Waals surface area (Å²) in [4.78, 5) is 29.5. The van der Waals surface area contributed by atoms with E-state index in [4.69, 9.17) is 13.8 Å². The Morgan fingerprint density at radius 2 is 2.12 bits per heavy atom. The minimum Gasteiger partial charge on any atom is -0.427 e. The van der Waals surface area contributed by atoms with Crippen molar-refractivity contribution >= 4 is 14.1 Å². The summed E-state index contributed by atoms with van der Waals surface area (Å²) in [6, 6.07) is 6.51. The highest BCUT2D eigenvalue weighted by Crippen LogP contribution is 2.60. The number of rotatable bonds is 1. The number of carbonyl (C=O) groups excluding carboxylic acids is 1. The summed E-state index contributed by atoms with van der Waals surface area (Å²) in [5.41, 5.74) is 0.441. The Kier molecular flexibility index (Phi) is 2.82. The van der Waals surface area contributed by atoms with Gasteiger partial charge in [-0.15, -0.1) is 0 Å². The molecule has 0 radical (unpaired) electrons. The Hall–Kier alpha value is -1.20. The first-order valence-corrected chi connectivity index (χ1v) is 6.00. The molecular weight excluding hydrogens is 235 g/mol. The zero-order valence-electron chi connectivity index (χ0n) is 8.36. The second-order valence-corrected chi connectivity index (χ2v) is 4.54. The number of hydrogen-bond donors (Lipinski definition) is 2. The number of hydrogen-bond acceptors (Lipinski definition) is 6. The van der Waals surface area contributed by atoms with Gasteiger partial charge in [-0.25, -0.2) is 0 Å². The molecule has 1 unspecified atom stereocenters. The number of para-hydroxylation sites is 1. The van der Waals surface area contributed by atoms with Crippen molar-refractivity contribution < 1.29 is 28.4 Å². The Bertz CT molecular complexity index is 418. The van der Waals surface area contributed by atoms with Crippen LogP contribution in [0.2, 0.25) is 0 Å². The van der Waals surface area contributed by atoms with Gasteiger partial charge >= 0.3 is 14.1 Å². The third-order valence-corrected chi connectivity index (χ3v) is 2.80. The summed E-state index contributed by atoms with van der Waals surface area (Å²) in [5, 5.41) is 0. The van der Waals surface area contributed by atoms with E-state index in [1.54, 1.807) is 18.2 Å². The van der Waals surface area contributed by atoms with Gasteiger partial charge in [0, 0.05) is 6.92 Å². The molecule has 0 saturated carbocycles. The summed E-state index contributed by atoms with van der Waals surface area (Å²) in [6.45, 7) is 1.20. The van der Waals surface area contributed by atoms with Crippen molar-refractivity contribution in [2.24, 2.45) is 0 Å². The topological polar surface area (TPSA) is 85.2 Å². The molecule has 6 nitrogen and oxygen atoms in total. The smallest absolute Gasteiger partial charge is 0.427 e. The van der Waals surface area contributed by atoms with Gasteiger partial charge in [0.05, 0.1) is 5.56 Å². The standard InChI is InChI=1S/C9H10O6P/c1-6(10)13-9-7-4-2-3-5-8(7)14-16(11,12)15-9/h2-5,9,11-12H,1H3/q+1. The zero-order chi connectivity index (χ0) is 11.8. The van der Waals surface area contributed by atoms with Gasteiger partial charge in [0.25, 0.3) is 6.29 Å². The summed E-state index contributed by atoms with van der Waals surface area (Å²) >= 11 is 0. The largest absolute Gasteiger partial charge is 0.620 e. The van der Waals surface area contributed by atoms with Crippen molar-refractivity contribution in [1.82, 2.24) is 0 Å². The van der Waals surface area contributed by atoms with Crippen molar-refractivity contribution in [2.45, 2.75) is 13.2 Å². The van der Waals surface area contributed by atoms with Crippen molar-refractivity contribution in [3.8, 4) is 5.75 Å². The number of carbonyl (C=O) groups is 1. The van der Waals surface area contributed by atoms with E-state index in [0.29, 0.717) is 5.56 Å². The van der Waals surface area contributed by atoms with Gasteiger partial charge in [0.1, 0.15) is 0 Å². The Balaban J connectivity index is 2.35. The predicted molar refractivity (Wildman–Crippen MR) is 54.0 cm³/mol. The Labute approximate surface area is 92.0 Å². The lowest BCUT2D eigenvalue weighted by Gasteiger charge is -2.24. The molecule has 7 heteroatoms. The van der Waals surface area contributed by atoms with Crippen LogP contribution in [-0.2, 0) is 14.1 Å². The van der Waals surface area contributed by atoms with Crippen LogP contribution in [0.3, 0.4) is 0 Å². The van der Waals surface area contributed by atoms with Gasteiger partial charge in [0.15, 0.2) is 5.75 Å². The van der Waals surface area contributed by atoms with Gasteiger partial charge in [0.2, 0.25) is 0 Å². The molecule has 0 aromatic heterocycles. The second-order valence-electron chi connectivity index (χ2n) is 3.17. The molecule has 0 aliphatic carbocycles. The highest BCUT2D eigenvalue weighted by Gasteiger charge is 2.51. The first-order chi connectivity index (χ1) is 7.48. The third-order valence-electron chi connectivity index (χ3n) is 1.90. The van der Waals surface area contributed by atoms with E-state index < -0.39 is 20.4 Å². The first-order valence-electron chi connectivity index (χ1n) is 4.46. The molecule has 2 rings (SSSR count). The minimum absolute atomic E-state index is 0.235. The average Bonchev–Trinajstić information content (AvgIpc) is 2.14. The lowest BCUT2D eigenvalue weighted by atomic mass is 10.2. The second kappa shape index (κ2) is 3.99. The normalized spacial score (nSPS) is 21.8. The Morgan fingerprint density at radius 1 is 1.44 bits per heavy atom. The van der Waals surface area contributed by atoms with Crippen LogP contribution in [0.4, 0.5) is 0 Å². The monoisotopic (exact) mass is 245 g/mol. The summed E-state index contributed by atoms with van der Waals surface area (Å²) in [5.74, 6) is -0.347. The van der Waals surface area contributed by atoms with Crippen LogP contribution in [0.25, 0.3) is 0 Å². The van der Waals surface area contributed by atoms with Gasteiger partial charge in [-0.3, -0.25) is 9.32 Å². The van der Waals surface area contributed by atoms with Crippen molar-refractivity contribution in [3.05, 3.63) is 29.8 Å². The summed E-state index contributed by atoms with van der Waals surface area (Å²) < 4.78 is 14.4. The molecule has 1 aliphatic rings. The number of fused-ring (bicyclic) bond motifs is 1. The maximum absolute atomic E-state index is 10.8. The minimum atomic E-state index is -3.96. The lowest BCUT2D eigenvalue weighted by Crippen LogP contribution is -2.20. The van der Waals surface area contributed by atoms with E-state index in [1.165, 1.54) is 13.0 Å². The maximum Gasteiger partial charge on any atom is 0.620 e. The van der Waals surface area contributed by atoms with Gasteiger partial charge < -0.3 is 4.74 Å². The molecule has 1 aromatic rings. The van der Waals surface area contributed by atoms with E-state index >= 15 is 0 Å². The van der Waals surface area contributed by atoms with Crippen LogP contribution >= 0.6 is 8.17 Å². The van der Waals surface area contributed by atoms with Crippen LogP contribution in [0, 0.1) is 0 Å². The van der Waals surface area contributed by atoms with Gasteiger partial charge in [-0.05, 0) is 12.1 Å². The van der Waals surface area contributed by atoms with E-state index in [9.17, 15) is 14.6 Å². The molecule has 0 bridgehead atoms.